The lowest BCUT2D eigenvalue weighted by molar-refractivity contribution is 0.0940. The van der Waals surface area contributed by atoms with Gasteiger partial charge in [-0.15, -0.1) is 0 Å². The summed E-state index contributed by atoms with van der Waals surface area (Å²) < 4.78 is 20.4. The summed E-state index contributed by atoms with van der Waals surface area (Å²) in [5.74, 6) is 0.128. The molecule has 1 aromatic heterocycles. The molecule has 5 nitrogen and oxygen atoms in total. The first-order chi connectivity index (χ1) is 13.1. The number of aromatic nitrogens is 2. The van der Waals surface area contributed by atoms with E-state index in [-0.39, 0.29) is 18.3 Å². The van der Waals surface area contributed by atoms with Crippen LogP contribution in [-0.4, -0.2) is 22.8 Å². The minimum Gasteiger partial charge on any atom is -0.496 e. The Morgan fingerprint density at radius 2 is 2.00 bits per heavy atom. The molecule has 3 aromatic rings. The summed E-state index contributed by atoms with van der Waals surface area (Å²) in [4.78, 5) is 12.7. The number of rotatable bonds is 7. The molecule has 27 heavy (non-hydrogen) atoms. The lowest BCUT2D eigenvalue weighted by atomic mass is 10.1. The minimum atomic E-state index is -0.323. The Kier molecular flexibility index (Phi) is 5.86. The van der Waals surface area contributed by atoms with E-state index >= 15 is 0 Å². The molecule has 0 aliphatic carbocycles. The summed E-state index contributed by atoms with van der Waals surface area (Å²) in [6, 6.07) is 15.5. The van der Waals surface area contributed by atoms with Crippen LogP contribution in [0.25, 0.3) is 11.3 Å². The number of para-hydroxylation sites is 1. The first kappa shape index (κ1) is 18.6. The maximum atomic E-state index is 13.3. The number of methoxy groups -OCH3 is 1. The molecular formula is C21H22FN3O2. The molecule has 0 bridgehead atoms. The highest BCUT2D eigenvalue weighted by molar-refractivity contribution is 5.93. The number of carbonyl (C=O) groups is 1. The number of aryl methyl sites for hydroxylation is 1. The molecule has 1 heterocycles. The standard InChI is InChI=1S/C21H22FN3O2/c1-3-11-25-19(21(26)23-14-15-7-6-8-16(22)12-15)13-18(24-25)17-9-4-5-10-20(17)27-2/h4-10,12-13H,3,11,14H2,1-2H3,(H,23,26). The lowest BCUT2D eigenvalue weighted by Gasteiger charge is -2.07. The number of carbonyl (C=O) groups excluding carboxylic acids is 1. The Balaban J connectivity index is 1.85. The van der Waals surface area contributed by atoms with E-state index in [2.05, 4.69) is 10.4 Å². The van der Waals surface area contributed by atoms with Crippen molar-refractivity contribution in [3.05, 3.63) is 71.7 Å². The van der Waals surface area contributed by atoms with Gasteiger partial charge in [0.1, 0.15) is 17.3 Å². The molecule has 0 unspecified atom stereocenters. The molecule has 0 fully saturated rings. The quantitative estimate of drug-likeness (QED) is 0.686. The molecule has 0 saturated carbocycles. The number of benzene rings is 2. The van der Waals surface area contributed by atoms with Gasteiger partial charge in [-0.1, -0.05) is 31.2 Å². The van der Waals surface area contributed by atoms with Crippen molar-refractivity contribution in [1.82, 2.24) is 15.1 Å². The summed E-state index contributed by atoms with van der Waals surface area (Å²) in [5.41, 5.74) is 2.68. The minimum absolute atomic E-state index is 0.248. The number of nitrogens with zero attached hydrogens (tertiary/aromatic N) is 2. The van der Waals surface area contributed by atoms with Gasteiger partial charge in [-0.2, -0.15) is 5.10 Å². The SMILES string of the molecule is CCCn1nc(-c2ccccc2OC)cc1C(=O)NCc1cccc(F)c1. The number of amides is 1. The van der Waals surface area contributed by atoms with Crippen LogP contribution in [0, 0.1) is 5.82 Å². The van der Waals surface area contributed by atoms with Gasteiger partial charge < -0.3 is 10.1 Å². The van der Waals surface area contributed by atoms with Crippen LogP contribution < -0.4 is 10.1 Å². The Labute approximate surface area is 157 Å². The van der Waals surface area contributed by atoms with Gasteiger partial charge in [0, 0.05) is 18.7 Å². The van der Waals surface area contributed by atoms with Crippen molar-refractivity contribution in [2.75, 3.05) is 7.11 Å². The van der Waals surface area contributed by atoms with E-state index in [0.717, 1.165) is 12.0 Å². The van der Waals surface area contributed by atoms with Crippen LogP contribution in [0.5, 0.6) is 5.75 Å². The maximum Gasteiger partial charge on any atom is 0.269 e. The predicted molar refractivity (Wildman–Crippen MR) is 102 cm³/mol. The van der Waals surface area contributed by atoms with Gasteiger partial charge in [-0.05, 0) is 42.3 Å². The topological polar surface area (TPSA) is 56.2 Å². The largest absolute Gasteiger partial charge is 0.496 e. The van der Waals surface area contributed by atoms with E-state index in [4.69, 9.17) is 4.74 Å². The van der Waals surface area contributed by atoms with E-state index in [0.29, 0.717) is 29.2 Å². The molecule has 0 aliphatic rings. The fourth-order valence-corrected chi connectivity index (χ4v) is 2.89. The zero-order valence-corrected chi connectivity index (χ0v) is 15.4. The average molecular weight is 367 g/mol. The highest BCUT2D eigenvalue weighted by atomic mass is 19.1. The number of halogens is 1. The third kappa shape index (κ3) is 4.34. The molecule has 6 heteroatoms. The summed E-state index contributed by atoms with van der Waals surface area (Å²) >= 11 is 0. The van der Waals surface area contributed by atoms with Crippen LogP contribution in [0.4, 0.5) is 4.39 Å². The summed E-state index contributed by atoms with van der Waals surface area (Å²) in [6.07, 6.45) is 0.844. The van der Waals surface area contributed by atoms with Crippen molar-refractivity contribution in [2.45, 2.75) is 26.4 Å². The van der Waals surface area contributed by atoms with Crippen LogP contribution in [0.1, 0.15) is 29.4 Å². The van der Waals surface area contributed by atoms with Gasteiger partial charge in [-0.25, -0.2) is 4.39 Å². The molecule has 0 saturated heterocycles. The van der Waals surface area contributed by atoms with E-state index in [9.17, 15) is 9.18 Å². The second-order valence-corrected chi connectivity index (χ2v) is 6.15. The van der Waals surface area contributed by atoms with Crippen LogP contribution in [0.15, 0.2) is 54.6 Å². The van der Waals surface area contributed by atoms with Gasteiger partial charge in [0.25, 0.3) is 5.91 Å². The van der Waals surface area contributed by atoms with Crippen molar-refractivity contribution >= 4 is 5.91 Å². The van der Waals surface area contributed by atoms with E-state index in [1.165, 1.54) is 12.1 Å². The zero-order valence-electron chi connectivity index (χ0n) is 15.4. The summed E-state index contributed by atoms with van der Waals surface area (Å²) in [5, 5.41) is 7.42. The molecule has 1 amide bonds. The summed E-state index contributed by atoms with van der Waals surface area (Å²) in [6.45, 7) is 2.90. The van der Waals surface area contributed by atoms with Gasteiger partial charge >= 0.3 is 0 Å². The normalized spacial score (nSPS) is 10.6. The van der Waals surface area contributed by atoms with E-state index in [1.807, 2.05) is 31.2 Å². The molecule has 140 valence electrons. The highest BCUT2D eigenvalue weighted by Gasteiger charge is 2.17. The molecule has 0 aliphatic heterocycles. The molecule has 3 rings (SSSR count). The molecular weight excluding hydrogens is 345 g/mol. The van der Waals surface area contributed by atoms with Crippen molar-refractivity contribution in [3.63, 3.8) is 0 Å². The molecule has 0 spiro atoms. The third-order valence-electron chi connectivity index (χ3n) is 4.17. The highest BCUT2D eigenvalue weighted by Crippen LogP contribution is 2.29. The van der Waals surface area contributed by atoms with Crippen molar-refractivity contribution in [3.8, 4) is 17.0 Å². The monoisotopic (exact) mass is 367 g/mol. The first-order valence-corrected chi connectivity index (χ1v) is 8.86. The average Bonchev–Trinajstić information content (AvgIpc) is 3.10. The second kappa shape index (κ2) is 8.49. The Hall–Kier alpha value is -3.15. The molecule has 0 radical (unpaired) electrons. The number of hydrogen-bond acceptors (Lipinski definition) is 3. The second-order valence-electron chi connectivity index (χ2n) is 6.15. The number of ether oxygens (including phenoxy) is 1. The number of nitrogens with one attached hydrogen (secondary N) is 1. The third-order valence-corrected chi connectivity index (χ3v) is 4.17. The van der Waals surface area contributed by atoms with Gasteiger partial charge in [-0.3, -0.25) is 9.48 Å². The first-order valence-electron chi connectivity index (χ1n) is 8.86. The van der Waals surface area contributed by atoms with Crippen LogP contribution in [-0.2, 0) is 13.1 Å². The van der Waals surface area contributed by atoms with Crippen LogP contribution in [0.3, 0.4) is 0 Å². The predicted octanol–water partition coefficient (Wildman–Crippen LogP) is 4.04. The fourth-order valence-electron chi connectivity index (χ4n) is 2.89. The van der Waals surface area contributed by atoms with Crippen LogP contribution >= 0.6 is 0 Å². The molecule has 1 N–H and O–H groups in total. The lowest BCUT2D eigenvalue weighted by Crippen LogP contribution is -2.25. The van der Waals surface area contributed by atoms with Gasteiger partial charge in [0.15, 0.2) is 0 Å². The van der Waals surface area contributed by atoms with Crippen molar-refractivity contribution < 1.29 is 13.9 Å². The molecule has 2 aromatic carbocycles. The zero-order chi connectivity index (χ0) is 19.2. The molecule has 0 atom stereocenters. The summed E-state index contributed by atoms with van der Waals surface area (Å²) in [7, 11) is 1.61. The van der Waals surface area contributed by atoms with Crippen molar-refractivity contribution in [1.29, 1.82) is 0 Å². The maximum absolute atomic E-state index is 13.3. The Bertz CT molecular complexity index is 937. The Morgan fingerprint density at radius 3 is 2.74 bits per heavy atom. The van der Waals surface area contributed by atoms with Crippen molar-refractivity contribution in [2.24, 2.45) is 0 Å². The van der Waals surface area contributed by atoms with E-state index < -0.39 is 0 Å². The number of hydrogen-bond donors (Lipinski definition) is 1. The smallest absolute Gasteiger partial charge is 0.269 e. The Morgan fingerprint density at radius 1 is 1.19 bits per heavy atom. The van der Waals surface area contributed by atoms with Crippen LogP contribution in [0.2, 0.25) is 0 Å². The van der Waals surface area contributed by atoms with Gasteiger partial charge in [0.05, 0.1) is 12.8 Å². The van der Waals surface area contributed by atoms with Gasteiger partial charge in [0.2, 0.25) is 0 Å². The fraction of sp³-hybridized carbons (Fsp3) is 0.238. The van der Waals surface area contributed by atoms with E-state index in [1.54, 1.807) is 30.0 Å².